The normalized spacial score (nSPS) is 10.7. The number of nitrogens with one attached hydrogen (secondary N) is 1. The lowest BCUT2D eigenvalue weighted by molar-refractivity contribution is -0.119. The van der Waals surface area contributed by atoms with E-state index in [1.54, 1.807) is 13.0 Å². The van der Waals surface area contributed by atoms with Crippen LogP contribution in [0.3, 0.4) is 0 Å². The Balaban J connectivity index is 1.60. The highest BCUT2D eigenvalue weighted by atomic mass is 32.2. The Morgan fingerprint density at radius 3 is 2.17 bits per heavy atom. The molecule has 0 saturated heterocycles. The van der Waals surface area contributed by atoms with Crippen molar-refractivity contribution in [2.75, 3.05) is 12.9 Å². The third kappa shape index (κ3) is 5.51. The molecule has 0 fully saturated rings. The molecule has 150 valence electrons. The lowest BCUT2D eigenvalue weighted by atomic mass is 9.99. The van der Waals surface area contributed by atoms with Gasteiger partial charge in [-0.3, -0.25) is 4.79 Å². The molecule has 5 nitrogen and oxygen atoms in total. The lowest BCUT2D eigenvalue weighted by Gasteiger charge is -2.19. The van der Waals surface area contributed by atoms with Crippen LogP contribution in [0.2, 0.25) is 0 Å². The second kappa shape index (κ2) is 9.98. The van der Waals surface area contributed by atoms with Crippen LogP contribution < -0.4 is 5.32 Å². The van der Waals surface area contributed by atoms with E-state index in [4.69, 9.17) is 9.15 Å². The molecular weight excluding hydrogens is 386 g/mol. The predicted molar refractivity (Wildman–Crippen MR) is 114 cm³/mol. The molecule has 3 aromatic rings. The molecule has 0 spiro atoms. The first-order valence-electron chi connectivity index (χ1n) is 9.23. The number of carbonyl (C=O) groups excluding carboxylic acids is 2. The zero-order valence-corrected chi connectivity index (χ0v) is 17.2. The van der Waals surface area contributed by atoms with Crippen molar-refractivity contribution < 1.29 is 18.7 Å². The third-order valence-corrected chi connectivity index (χ3v) is 5.38. The zero-order valence-electron chi connectivity index (χ0n) is 16.4. The first kappa shape index (κ1) is 20.7. The van der Waals surface area contributed by atoms with Gasteiger partial charge in [-0.15, -0.1) is 11.8 Å². The number of hydrogen-bond donors (Lipinski definition) is 1. The number of aryl methyl sites for hydroxylation is 1. The SMILES string of the molecule is COC(=O)c1cc(CSCC(=O)NC(c2ccccc2)c2ccccc2)oc1C. The minimum absolute atomic E-state index is 0.0656. The van der Waals surface area contributed by atoms with Crippen molar-refractivity contribution in [2.24, 2.45) is 0 Å². The van der Waals surface area contributed by atoms with E-state index in [1.807, 2.05) is 60.7 Å². The van der Waals surface area contributed by atoms with Crippen LogP contribution in [0.4, 0.5) is 0 Å². The van der Waals surface area contributed by atoms with E-state index in [2.05, 4.69) is 5.32 Å². The van der Waals surface area contributed by atoms with Crippen LogP contribution in [0.15, 0.2) is 71.1 Å². The number of amides is 1. The van der Waals surface area contributed by atoms with E-state index in [-0.39, 0.29) is 17.7 Å². The molecule has 3 rings (SSSR count). The quantitative estimate of drug-likeness (QED) is 0.554. The van der Waals surface area contributed by atoms with Gasteiger partial charge in [-0.1, -0.05) is 60.7 Å². The van der Waals surface area contributed by atoms with E-state index >= 15 is 0 Å². The summed E-state index contributed by atoms with van der Waals surface area (Å²) in [4.78, 5) is 24.2. The summed E-state index contributed by atoms with van der Waals surface area (Å²) in [7, 11) is 1.34. The van der Waals surface area contributed by atoms with Crippen molar-refractivity contribution in [3.05, 3.63) is 94.9 Å². The average molecular weight is 410 g/mol. The second-order valence-electron chi connectivity index (χ2n) is 6.49. The van der Waals surface area contributed by atoms with Crippen LogP contribution in [0.1, 0.15) is 39.0 Å². The van der Waals surface area contributed by atoms with E-state index in [9.17, 15) is 9.59 Å². The van der Waals surface area contributed by atoms with E-state index in [1.165, 1.54) is 18.9 Å². The molecule has 0 aliphatic heterocycles. The van der Waals surface area contributed by atoms with Crippen molar-refractivity contribution in [1.82, 2.24) is 5.32 Å². The molecule has 1 heterocycles. The number of benzene rings is 2. The Hall–Kier alpha value is -2.99. The third-order valence-electron chi connectivity index (χ3n) is 4.42. The number of esters is 1. The molecule has 1 N–H and O–H groups in total. The highest BCUT2D eigenvalue weighted by Crippen LogP contribution is 2.23. The van der Waals surface area contributed by atoms with Gasteiger partial charge >= 0.3 is 5.97 Å². The molecule has 6 heteroatoms. The van der Waals surface area contributed by atoms with Gasteiger partial charge in [0.25, 0.3) is 0 Å². The molecular formula is C23H23NO4S. The molecule has 0 bridgehead atoms. The Morgan fingerprint density at radius 1 is 1.03 bits per heavy atom. The standard InChI is InChI=1S/C23H23NO4S/c1-16-20(23(26)27-2)13-19(28-16)14-29-15-21(25)24-22(17-9-5-3-6-10-17)18-11-7-4-8-12-18/h3-13,22H,14-15H2,1-2H3,(H,24,25). The van der Waals surface area contributed by atoms with Gasteiger partial charge in [-0.05, 0) is 24.1 Å². The Labute approximate surface area is 174 Å². The maximum absolute atomic E-state index is 12.6. The summed E-state index contributed by atoms with van der Waals surface area (Å²) in [5.74, 6) is 1.45. The van der Waals surface area contributed by atoms with Gasteiger partial charge in [0.05, 0.1) is 24.7 Å². The summed E-state index contributed by atoms with van der Waals surface area (Å²) < 4.78 is 10.3. The molecule has 0 radical (unpaired) electrons. The van der Waals surface area contributed by atoms with Gasteiger partial charge < -0.3 is 14.5 Å². The highest BCUT2D eigenvalue weighted by Gasteiger charge is 2.18. The Bertz CT molecular complexity index is 914. The molecule has 0 aliphatic carbocycles. The Morgan fingerprint density at radius 2 is 1.62 bits per heavy atom. The fraction of sp³-hybridized carbons (Fsp3) is 0.217. The van der Waals surface area contributed by atoms with Crippen molar-refractivity contribution >= 4 is 23.6 Å². The number of furan rings is 1. The van der Waals surface area contributed by atoms with Gasteiger partial charge in [0.1, 0.15) is 17.1 Å². The summed E-state index contributed by atoms with van der Waals surface area (Å²) in [6, 6.07) is 21.2. The number of hydrogen-bond acceptors (Lipinski definition) is 5. The van der Waals surface area contributed by atoms with E-state index in [0.29, 0.717) is 22.8 Å². The van der Waals surface area contributed by atoms with Crippen LogP contribution in [0.25, 0.3) is 0 Å². The number of thioether (sulfide) groups is 1. The largest absolute Gasteiger partial charge is 0.465 e. The summed E-state index contributed by atoms with van der Waals surface area (Å²) in [6.07, 6.45) is 0. The summed E-state index contributed by atoms with van der Waals surface area (Å²) in [6.45, 7) is 1.72. The van der Waals surface area contributed by atoms with Crippen LogP contribution in [-0.4, -0.2) is 24.7 Å². The van der Waals surface area contributed by atoms with Crippen molar-refractivity contribution in [3.8, 4) is 0 Å². The molecule has 0 aliphatic rings. The minimum Gasteiger partial charge on any atom is -0.465 e. The molecule has 0 unspecified atom stereocenters. The summed E-state index contributed by atoms with van der Waals surface area (Å²) >= 11 is 1.43. The first-order valence-corrected chi connectivity index (χ1v) is 10.4. The minimum atomic E-state index is -0.422. The molecule has 1 aromatic heterocycles. The molecule has 1 amide bonds. The van der Waals surface area contributed by atoms with Crippen molar-refractivity contribution in [1.29, 1.82) is 0 Å². The zero-order chi connectivity index (χ0) is 20.6. The second-order valence-corrected chi connectivity index (χ2v) is 7.47. The molecule has 0 saturated carbocycles. The number of carbonyl (C=O) groups is 2. The van der Waals surface area contributed by atoms with Gasteiger partial charge in [0.15, 0.2) is 0 Å². The molecule has 0 atom stereocenters. The topological polar surface area (TPSA) is 68.5 Å². The van der Waals surface area contributed by atoms with E-state index < -0.39 is 5.97 Å². The number of rotatable bonds is 8. The fourth-order valence-electron chi connectivity index (χ4n) is 3.02. The first-order chi connectivity index (χ1) is 14.1. The van der Waals surface area contributed by atoms with Gasteiger partial charge in [0, 0.05) is 0 Å². The smallest absolute Gasteiger partial charge is 0.341 e. The monoisotopic (exact) mass is 409 g/mol. The van der Waals surface area contributed by atoms with Gasteiger partial charge in [0.2, 0.25) is 5.91 Å². The predicted octanol–water partition coefficient (Wildman–Crippen LogP) is 4.51. The summed E-state index contributed by atoms with van der Waals surface area (Å²) in [5, 5.41) is 3.12. The van der Waals surface area contributed by atoms with Crippen LogP contribution >= 0.6 is 11.8 Å². The maximum Gasteiger partial charge on any atom is 0.341 e. The lowest BCUT2D eigenvalue weighted by Crippen LogP contribution is -2.30. The molecule has 2 aromatic carbocycles. The van der Waals surface area contributed by atoms with Crippen molar-refractivity contribution in [3.63, 3.8) is 0 Å². The van der Waals surface area contributed by atoms with Crippen LogP contribution in [0, 0.1) is 6.92 Å². The maximum atomic E-state index is 12.6. The fourth-order valence-corrected chi connectivity index (χ4v) is 3.74. The highest BCUT2D eigenvalue weighted by molar-refractivity contribution is 7.99. The number of ether oxygens (including phenoxy) is 1. The summed E-state index contributed by atoms with van der Waals surface area (Å²) in [5.41, 5.74) is 2.48. The van der Waals surface area contributed by atoms with E-state index in [0.717, 1.165) is 11.1 Å². The van der Waals surface area contributed by atoms with Gasteiger partial charge in [-0.25, -0.2) is 4.79 Å². The number of methoxy groups -OCH3 is 1. The van der Waals surface area contributed by atoms with Crippen LogP contribution in [-0.2, 0) is 15.3 Å². The molecule has 29 heavy (non-hydrogen) atoms. The van der Waals surface area contributed by atoms with Crippen molar-refractivity contribution in [2.45, 2.75) is 18.7 Å². The van der Waals surface area contributed by atoms with Crippen LogP contribution in [0.5, 0.6) is 0 Å². The van der Waals surface area contributed by atoms with Gasteiger partial charge in [-0.2, -0.15) is 0 Å². The Kier molecular flexibility index (Phi) is 7.14. The average Bonchev–Trinajstić information content (AvgIpc) is 3.13.